The Labute approximate surface area is 109 Å². The first-order valence-corrected chi connectivity index (χ1v) is 7.41. The summed E-state index contributed by atoms with van der Waals surface area (Å²) in [7, 11) is 0. The Hall–Kier alpha value is -0.770. The second-order valence-electron chi connectivity index (χ2n) is 6.25. The number of nitrogens with one attached hydrogen (secondary N) is 2. The summed E-state index contributed by atoms with van der Waals surface area (Å²) in [5.74, 6) is 0. The van der Waals surface area contributed by atoms with Gasteiger partial charge < -0.3 is 15.4 Å². The normalized spacial score (nSPS) is 36.2. The van der Waals surface area contributed by atoms with Crippen molar-refractivity contribution in [3.8, 4) is 0 Å². The molecule has 3 rings (SSSR count). The van der Waals surface area contributed by atoms with Gasteiger partial charge in [0.15, 0.2) is 0 Å². The summed E-state index contributed by atoms with van der Waals surface area (Å²) in [6, 6.07) is 0.235. The molecule has 2 amide bonds. The fourth-order valence-corrected chi connectivity index (χ4v) is 3.61. The zero-order chi connectivity index (χ0) is 12.6. The second kappa shape index (κ2) is 4.72. The predicted octanol–water partition coefficient (Wildman–Crippen LogP) is 2.19. The summed E-state index contributed by atoms with van der Waals surface area (Å²) in [5.41, 5.74) is 0.391. The first-order valence-electron chi connectivity index (χ1n) is 7.41. The van der Waals surface area contributed by atoms with Crippen molar-refractivity contribution in [2.45, 2.75) is 70.1 Å². The number of hydrogen-bond acceptors (Lipinski definition) is 2. The molecule has 3 aliphatic rings. The predicted molar refractivity (Wildman–Crippen MR) is 69.4 cm³/mol. The largest absolute Gasteiger partial charge is 0.373 e. The summed E-state index contributed by atoms with van der Waals surface area (Å²) < 4.78 is 5.74. The quantitative estimate of drug-likeness (QED) is 0.805. The van der Waals surface area contributed by atoms with E-state index in [0.29, 0.717) is 11.5 Å². The highest BCUT2D eigenvalue weighted by Gasteiger charge is 2.41. The lowest BCUT2D eigenvalue weighted by atomic mass is 9.67. The maximum atomic E-state index is 11.9. The molecule has 2 bridgehead atoms. The van der Waals surface area contributed by atoms with Crippen LogP contribution in [0.25, 0.3) is 0 Å². The van der Waals surface area contributed by atoms with Crippen molar-refractivity contribution in [3.63, 3.8) is 0 Å². The van der Waals surface area contributed by atoms with Gasteiger partial charge in [0, 0.05) is 6.54 Å². The Kier molecular flexibility index (Phi) is 3.22. The number of ether oxygens (including phenoxy) is 1. The molecule has 0 unspecified atom stereocenters. The van der Waals surface area contributed by atoms with Crippen molar-refractivity contribution in [2.75, 3.05) is 6.54 Å². The van der Waals surface area contributed by atoms with Gasteiger partial charge in [0.05, 0.1) is 18.2 Å². The van der Waals surface area contributed by atoms with Crippen LogP contribution in [0.5, 0.6) is 0 Å². The van der Waals surface area contributed by atoms with Gasteiger partial charge in [-0.25, -0.2) is 4.79 Å². The third-order valence-electron chi connectivity index (χ3n) is 5.21. The maximum absolute atomic E-state index is 11.9. The van der Waals surface area contributed by atoms with Gasteiger partial charge in [-0.1, -0.05) is 13.3 Å². The SMILES string of the molecule is CCC1(CNC(=O)N[C@@H]2C[C@H]3CC[C@H]2O3)CCC1. The fourth-order valence-electron chi connectivity index (χ4n) is 3.61. The van der Waals surface area contributed by atoms with Gasteiger partial charge >= 0.3 is 6.03 Å². The molecule has 4 nitrogen and oxygen atoms in total. The first-order chi connectivity index (χ1) is 8.71. The molecule has 3 fully saturated rings. The molecule has 0 aromatic carbocycles. The molecule has 2 aliphatic heterocycles. The average molecular weight is 252 g/mol. The number of fused-ring (bicyclic) bond motifs is 2. The zero-order valence-corrected chi connectivity index (χ0v) is 11.2. The summed E-state index contributed by atoms with van der Waals surface area (Å²) in [5, 5.41) is 6.14. The molecule has 2 saturated heterocycles. The second-order valence-corrected chi connectivity index (χ2v) is 6.25. The molecular formula is C14H24N2O2. The van der Waals surface area contributed by atoms with E-state index in [-0.39, 0.29) is 18.2 Å². The standard InChI is InChI=1S/C14H24N2O2/c1-2-14(6-3-7-14)9-15-13(17)16-11-8-10-4-5-12(11)18-10/h10-12H,2-9H2,1H3,(H2,15,16,17)/t10-,11-,12-/m1/s1. The summed E-state index contributed by atoms with van der Waals surface area (Å²) in [4.78, 5) is 11.9. The molecule has 0 aromatic rings. The van der Waals surface area contributed by atoms with Gasteiger partial charge in [0.1, 0.15) is 0 Å². The monoisotopic (exact) mass is 252 g/mol. The minimum atomic E-state index is -0.00382. The number of urea groups is 1. The van der Waals surface area contributed by atoms with Crippen LogP contribution >= 0.6 is 0 Å². The van der Waals surface area contributed by atoms with Gasteiger partial charge in [-0.3, -0.25) is 0 Å². The molecule has 0 spiro atoms. The number of hydrogen-bond donors (Lipinski definition) is 2. The third-order valence-corrected chi connectivity index (χ3v) is 5.21. The number of carbonyl (C=O) groups is 1. The number of amides is 2. The van der Waals surface area contributed by atoms with E-state index in [2.05, 4.69) is 17.6 Å². The Bertz CT molecular complexity index is 322. The molecule has 3 atom stereocenters. The first kappa shape index (κ1) is 12.3. The van der Waals surface area contributed by atoms with E-state index < -0.39 is 0 Å². The minimum absolute atomic E-state index is 0.00382. The molecule has 2 N–H and O–H groups in total. The lowest BCUT2D eigenvalue weighted by molar-refractivity contribution is 0.0974. The topological polar surface area (TPSA) is 50.4 Å². The van der Waals surface area contributed by atoms with Gasteiger partial charge in [0.25, 0.3) is 0 Å². The van der Waals surface area contributed by atoms with Crippen molar-refractivity contribution >= 4 is 6.03 Å². The summed E-state index contributed by atoms with van der Waals surface area (Å²) >= 11 is 0. The van der Waals surface area contributed by atoms with E-state index in [1.165, 1.54) is 32.1 Å². The average Bonchev–Trinajstić information content (AvgIpc) is 2.90. The van der Waals surface area contributed by atoms with Crippen LogP contribution in [-0.2, 0) is 4.74 Å². The van der Waals surface area contributed by atoms with E-state index >= 15 is 0 Å². The lowest BCUT2D eigenvalue weighted by Gasteiger charge is -2.41. The summed E-state index contributed by atoms with van der Waals surface area (Å²) in [6.07, 6.45) is 8.96. The van der Waals surface area contributed by atoms with Crippen LogP contribution in [0.2, 0.25) is 0 Å². The molecular weight excluding hydrogens is 228 g/mol. The highest BCUT2D eigenvalue weighted by Crippen LogP contribution is 2.43. The van der Waals surface area contributed by atoms with Crippen LogP contribution in [0.1, 0.15) is 51.9 Å². The Morgan fingerprint density at radius 2 is 2.22 bits per heavy atom. The van der Waals surface area contributed by atoms with Crippen LogP contribution < -0.4 is 10.6 Å². The maximum Gasteiger partial charge on any atom is 0.315 e. The molecule has 1 saturated carbocycles. The molecule has 0 radical (unpaired) electrons. The third kappa shape index (κ3) is 2.22. The van der Waals surface area contributed by atoms with E-state index in [4.69, 9.17) is 4.74 Å². The van der Waals surface area contributed by atoms with Crippen LogP contribution in [0.15, 0.2) is 0 Å². The minimum Gasteiger partial charge on any atom is -0.373 e. The highest BCUT2D eigenvalue weighted by atomic mass is 16.5. The highest BCUT2D eigenvalue weighted by molar-refractivity contribution is 5.74. The van der Waals surface area contributed by atoms with E-state index in [9.17, 15) is 4.79 Å². The number of rotatable bonds is 4. The molecule has 1 aliphatic carbocycles. The van der Waals surface area contributed by atoms with Crippen LogP contribution in [-0.4, -0.2) is 30.8 Å². The molecule has 0 aromatic heterocycles. The van der Waals surface area contributed by atoms with Crippen molar-refractivity contribution in [1.82, 2.24) is 10.6 Å². The Morgan fingerprint density at radius 1 is 1.39 bits per heavy atom. The van der Waals surface area contributed by atoms with Crippen molar-refractivity contribution in [1.29, 1.82) is 0 Å². The van der Waals surface area contributed by atoms with Crippen LogP contribution in [0.3, 0.4) is 0 Å². The molecule has 4 heteroatoms. The van der Waals surface area contributed by atoms with E-state index in [1.54, 1.807) is 0 Å². The van der Waals surface area contributed by atoms with Crippen LogP contribution in [0.4, 0.5) is 4.79 Å². The molecule has 2 heterocycles. The molecule has 102 valence electrons. The van der Waals surface area contributed by atoms with Gasteiger partial charge in [-0.15, -0.1) is 0 Å². The fraction of sp³-hybridized carbons (Fsp3) is 0.929. The molecule has 18 heavy (non-hydrogen) atoms. The smallest absolute Gasteiger partial charge is 0.315 e. The lowest BCUT2D eigenvalue weighted by Crippen LogP contribution is -2.50. The van der Waals surface area contributed by atoms with Crippen LogP contribution in [0, 0.1) is 5.41 Å². The van der Waals surface area contributed by atoms with E-state index in [0.717, 1.165) is 19.4 Å². The van der Waals surface area contributed by atoms with Crippen molar-refractivity contribution in [2.24, 2.45) is 5.41 Å². The zero-order valence-electron chi connectivity index (χ0n) is 11.2. The summed E-state index contributed by atoms with van der Waals surface area (Å²) in [6.45, 7) is 3.06. The Morgan fingerprint density at radius 3 is 2.72 bits per heavy atom. The van der Waals surface area contributed by atoms with Gasteiger partial charge in [0.2, 0.25) is 0 Å². The Balaban J connectivity index is 1.42. The van der Waals surface area contributed by atoms with Gasteiger partial charge in [-0.05, 0) is 43.9 Å². The van der Waals surface area contributed by atoms with Crippen molar-refractivity contribution in [3.05, 3.63) is 0 Å². The van der Waals surface area contributed by atoms with Gasteiger partial charge in [-0.2, -0.15) is 0 Å². The van der Waals surface area contributed by atoms with E-state index in [1.807, 2.05) is 0 Å². The number of carbonyl (C=O) groups excluding carboxylic acids is 1. The van der Waals surface area contributed by atoms with Crippen molar-refractivity contribution < 1.29 is 9.53 Å².